The Morgan fingerprint density at radius 1 is 0.775 bits per heavy atom. The Hall–Kier alpha value is -2.95. The lowest BCUT2D eigenvalue weighted by Crippen LogP contribution is -2.45. The van der Waals surface area contributed by atoms with Crippen molar-refractivity contribution in [2.45, 2.75) is 20.0 Å². The van der Waals surface area contributed by atoms with Crippen molar-refractivity contribution in [3.05, 3.63) is 75.1 Å². The highest BCUT2D eigenvalue weighted by Gasteiger charge is 2.22. The zero-order chi connectivity index (χ0) is 28.2. The monoisotopic (exact) mass is 594 g/mol. The van der Waals surface area contributed by atoms with Gasteiger partial charge in [0.15, 0.2) is 11.5 Å². The van der Waals surface area contributed by atoms with E-state index >= 15 is 0 Å². The summed E-state index contributed by atoms with van der Waals surface area (Å²) in [7, 11) is 8.32. The van der Waals surface area contributed by atoms with Crippen LogP contribution < -0.4 is 14.2 Å². The molecule has 3 aromatic carbocycles. The number of hydrogen-bond acceptors (Lipinski definition) is 9. The van der Waals surface area contributed by atoms with Crippen LogP contribution in [0, 0.1) is 10.7 Å². The average molecular weight is 595 g/mol. The molecule has 0 saturated carbocycles. The third-order valence-electron chi connectivity index (χ3n) is 7.33. The second-order valence-electron chi connectivity index (χ2n) is 9.94. The lowest BCUT2D eigenvalue weighted by molar-refractivity contribution is 0.120. The standard InChI is InChI=1S/C31H34N2O4S3/c1-20-5-7-21(8-6-20)30-28(31(38)40-39-30)22-9-10-26(34)23(15-22)18-32-11-13-33(14-12-32)19-24-16-25(35-2)17-27(36-3)29(24)37-4/h5-10,15-17,34H,11-14,18-19H2,1-4H3. The first-order valence-electron chi connectivity index (χ1n) is 13.2. The van der Waals surface area contributed by atoms with Gasteiger partial charge in [-0.25, -0.2) is 0 Å². The molecule has 0 bridgehead atoms. The predicted octanol–water partition coefficient (Wildman–Crippen LogP) is 7.23. The van der Waals surface area contributed by atoms with Crippen LogP contribution in [0.2, 0.25) is 0 Å². The second-order valence-corrected chi connectivity index (χ2v) is 12.8. The molecule has 0 aliphatic carbocycles. The first-order chi connectivity index (χ1) is 19.4. The number of phenols is 1. The molecule has 1 aromatic heterocycles. The van der Waals surface area contributed by atoms with Gasteiger partial charge in [-0.15, -0.1) is 0 Å². The lowest BCUT2D eigenvalue weighted by atomic mass is 10.0. The molecule has 4 aromatic rings. The number of ether oxygens (including phenoxy) is 3. The van der Waals surface area contributed by atoms with Crippen LogP contribution in [0.5, 0.6) is 23.0 Å². The zero-order valence-electron chi connectivity index (χ0n) is 23.2. The van der Waals surface area contributed by atoms with Crippen molar-refractivity contribution in [1.29, 1.82) is 0 Å². The number of phenolic OH excluding ortho intramolecular Hbond substituents is 1. The summed E-state index contributed by atoms with van der Waals surface area (Å²) in [6, 6.07) is 18.3. The molecule has 40 heavy (non-hydrogen) atoms. The molecule has 0 unspecified atom stereocenters. The van der Waals surface area contributed by atoms with Crippen LogP contribution in [0.3, 0.4) is 0 Å². The lowest BCUT2D eigenvalue weighted by Gasteiger charge is -2.35. The molecule has 0 spiro atoms. The van der Waals surface area contributed by atoms with Crippen LogP contribution in [0.4, 0.5) is 0 Å². The molecule has 0 amide bonds. The van der Waals surface area contributed by atoms with E-state index in [-0.39, 0.29) is 0 Å². The fourth-order valence-corrected chi connectivity index (χ4v) is 8.03. The molecule has 1 aliphatic rings. The minimum Gasteiger partial charge on any atom is -0.508 e. The Labute approximate surface area is 248 Å². The molecule has 5 rings (SSSR count). The molecule has 2 heterocycles. The van der Waals surface area contributed by atoms with Gasteiger partial charge in [0.1, 0.15) is 15.3 Å². The Morgan fingerprint density at radius 3 is 2.05 bits per heavy atom. The molecule has 1 fully saturated rings. The fourth-order valence-electron chi connectivity index (χ4n) is 5.11. The molecule has 0 radical (unpaired) electrons. The van der Waals surface area contributed by atoms with Crippen molar-refractivity contribution < 1.29 is 19.3 Å². The molecule has 1 aliphatic heterocycles. The van der Waals surface area contributed by atoms with E-state index in [1.54, 1.807) is 48.1 Å². The number of nitrogens with zero attached hydrogens (tertiary/aromatic N) is 2. The number of hydrogen-bond donors (Lipinski definition) is 1. The van der Waals surface area contributed by atoms with Crippen molar-refractivity contribution in [2.24, 2.45) is 0 Å². The van der Waals surface area contributed by atoms with Gasteiger partial charge in [-0.1, -0.05) is 68.8 Å². The van der Waals surface area contributed by atoms with Gasteiger partial charge in [0, 0.05) is 62.0 Å². The zero-order valence-corrected chi connectivity index (χ0v) is 25.7. The van der Waals surface area contributed by atoms with Gasteiger partial charge < -0.3 is 19.3 Å². The van der Waals surface area contributed by atoms with E-state index in [2.05, 4.69) is 47.1 Å². The second kappa shape index (κ2) is 12.7. The van der Waals surface area contributed by atoms with E-state index in [4.69, 9.17) is 26.4 Å². The maximum absolute atomic E-state index is 10.8. The number of benzene rings is 3. The van der Waals surface area contributed by atoms with Gasteiger partial charge >= 0.3 is 0 Å². The third-order valence-corrected chi connectivity index (χ3v) is 10.4. The first-order valence-corrected chi connectivity index (χ1v) is 15.7. The summed E-state index contributed by atoms with van der Waals surface area (Å²) in [5, 5.41) is 10.8. The highest BCUT2D eigenvalue weighted by molar-refractivity contribution is 7.80. The van der Waals surface area contributed by atoms with E-state index in [0.29, 0.717) is 18.0 Å². The van der Waals surface area contributed by atoms with E-state index in [0.717, 1.165) is 70.3 Å². The first kappa shape index (κ1) is 28.6. The summed E-state index contributed by atoms with van der Waals surface area (Å²) in [6.45, 7) is 7.13. The number of aryl methyl sites for hydroxylation is 1. The van der Waals surface area contributed by atoms with Crippen LogP contribution >= 0.6 is 32.9 Å². The van der Waals surface area contributed by atoms with Crippen molar-refractivity contribution in [3.8, 4) is 44.6 Å². The highest BCUT2D eigenvalue weighted by Crippen LogP contribution is 2.42. The van der Waals surface area contributed by atoms with Gasteiger partial charge in [-0.2, -0.15) is 0 Å². The fraction of sp³-hybridized carbons (Fsp3) is 0.323. The van der Waals surface area contributed by atoms with Crippen LogP contribution in [0.25, 0.3) is 21.6 Å². The molecule has 6 nitrogen and oxygen atoms in total. The Morgan fingerprint density at radius 2 is 1.43 bits per heavy atom. The minimum absolute atomic E-state index is 0.320. The maximum Gasteiger partial charge on any atom is 0.165 e. The molecule has 0 atom stereocenters. The quantitative estimate of drug-likeness (QED) is 0.162. The highest BCUT2D eigenvalue weighted by atomic mass is 32.9. The smallest absolute Gasteiger partial charge is 0.165 e. The normalized spacial score (nSPS) is 14.3. The third kappa shape index (κ3) is 6.19. The van der Waals surface area contributed by atoms with Gasteiger partial charge in [-0.05, 0) is 36.2 Å². The van der Waals surface area contributed by atoms with Crippen LogP contribution in [-0.4, -0.2) is 62.4 Å². The molecule has 1 saturated heterocycles. The largest absolute Gasteiger partial charge is 0.508 e. The Kier molecular flexibility index (Phi) is 9.07. The van der Waals surface area contributed by atoms with E-state index < -0.39 is 0 Å². The summed E-state index contributed by atoms with van der Waals surface area (Å²) in [5.74, 6) is 2.49. The molecule has 1 N–H and O–H groups in total. The van der Waals surface area contributed by atoms with Crippen molar-refractivity contribution in [1.82, 2.24) is 9.80 Å². The van der Waals surface area contributed by atoms with Gasteiger partial charge in [-0.3, -0.25) is 9.80 Å². The maximum atomic E-state index is 10.8. The van der Waals surface area contributed by atoms with Crippen molar-refractivity contribution in [3.63, 3.8) is 0 Å². The van der Waals surface area contributed by atoms with E-state index in [1.807, 2.05) is 18.2 Å². The van der Waals surface area contributed by atoms with Crippen LogP contribution in [0.15, 0.2) is 54.6 Å². The van der Waals surface area contributed by atoms with E-state index in [9.17, 15) is 5.11 Å². The van der Waals surface area contributed by atoms with Crippen LogP contribution in [-0.2, 0) is 13.1 Å². The SMILES string of the molecule is COc1cc(CN2CCN(Cc3cc(-c4c(-c5ccc(C)cc5)ssc4=S)ccc3O)CC2)c(OC)c(OC)c1. The molecular formula is C31H34N2O4S3. The summed E-state index contributed by atoms with van der Waals surface area (Å²) < 4.78 is 17.5. The van der Waals surface area contributed by atoms with Gasteiger partial charge in [0.05, 0.1) is 26.2 Å². The van der Waals surface area contributed by atoms with Crippen LogP contribution in [0.1, 0.15) is 16.7 Å². The summed E-state index contributed by atoms with van der Waals surface area (Å²) >= 11 is 5.76. The number of aromatic hydroxyl groups is 1. The van der Waals surface area contributed by atoms with Gasteiger partial charge in [0.2, 0.25) is 0 Å². The summed E-state index contributed by atoms with van der Waals surface area (Å²) in [6.07, 6.45) is 0. The summed E-state index contributed by atoms with van der Waals surface area (Å²) in [5.41, 5.74) is 6.52. The average Bonchev–Trinajstić information content (AvgIpc) is 3.36. The molecule has 210 valence electrons. The molecular weight excluding hydrogens is 561 g/mol. The topological polar surface area (TPSA) is 54.4 Å². The Bertz CT molecular complexity index is 1520. The van der Waals surface area contributed by atoms with Gasteiger partial charge in [0.25, 0.3) is 0 Å². The predicted molar refractivity (Wildman–Crippen MR) is 167 cm³/mol. The molecule has 9 heteroatoms. The number of piperazine rings is 1. The van der Waals surface area contributed by atoms with Crippen molar-refractivity contribution in [2.75, 3.05) is 47.5 Å². The minimum atomic E-state index is 0.320. The number of rotatable bonds is 9. The number of methoxy groups -OCH3 is 3. The van der Waals surface area contributed by atoms with Crippen molar-refractivity contribution >= 4 is 32.9 Å². The Balaban J connectivity index is 1.29. The van der Waals surface area contributed by atoms with E-state index in [1.165, 1.54) is 16.0 Å². The summed E-state index contributed by atoms with van der Waals surface area (Å²) in [4.78, 5) is 5.99.